The summed E-state index contributed by atoms with van der Waals surface area (Å²) in [4.78, 5) is 0. The second-order valence-electron chi connectivity index (χ2n) is 7.02. The first-order valence-corrected chi connectivity index (χ1v) is 10.5. The van der Waals surface area contributed by atoms with Crippen LogP contribution in [-0.4, -0.2) is 68.3 Å². The van der Waals surface area contributed by atoms with Crippen LogP contribution in [0.3, 0.4) is 0 Å². The van der Waals surface area contributed by atoms with Crippen LogP contribution in [0, 0.1) is 17.8 Å². The van der Waals surface area contributed by atoms with E-state index in [-0.39, 0.29) is 0 Å². The third-order valence-corrected chi connectivity index (χ3v) is 8.27. The zero-order valence-electron chi connectivity index (χ0n) is 14.7. The smallest absolute Gasteiger partial charge is 0.377 e. The molecule has 0 spiro atoms. The predicted molar refractivity (Wildman–Crippen MR) is 86.2 cm³/mol. The highest BCUT2D eigenvalue weighted by Gasteiger charge is 2.50. The summed E-state index contributed by atoms with van der Waals surface area (Å²) >= 11 is 0. The van der Waals surface area contributed by atoms with Crippen LogP contribution >= 0.6 is 0 Å². The molecule has 0 aromatic rings. The molecule has 0 N–H and O–H groups in total. The Bertz CT molecular complexity index is 351. The largest absolute Gasteiger partial charge is 0.502 e. The van der Waals surface area contributed by atoms with E-state index in [2.05, 4.69) is 6.92 Å². The molecule has 6 nitrogen and oxygen atoms in total. The van der Waals surface area contributed by atoms with E-state index >= 15 is 0 Å². The van der Waals surface area contributed by atoms with E-state index in [1.54, 1.807) is 21.3 Å². The maximum Gasteiger partial charge on any atom is 0.502 e. The van der Waals surface area contributed by atoms with Crippen LogP contribution in [0.15, 0.2) is 0 Å². The van der Waals surface area contributed by atoms with Crippen molar-refractivity contribution in [3.8, 4) is 0 Å². The van der Waals surface area contributed by atoms with Gasteiger partial charge in [0.2, 0.25) is 0 Å². The van der Waals surface area contributed by atoms with Crippen LogP contribution in [0.2, 0.25) is 6.04 Å². The van der Waals surface area contributed by atoms with Gasteiger partial charge in [0.15, 0.2) is 0 Å². The van der Waals surface area contributed by atoms with Crippen LogP contribution in [0.25, 0.3) is 0 Å². The molecule has 5 unspecified atom stereocenters. The second-order valence-corrected chi connectivity index (χ2v) is 10.0. The molecular weight excluding hydrogens is 316 g/mol. The Kier molecular flexibility index (Phi) is 5.78. The molecule has 5 atom stereocenters. The van der Waals surface area contributed by atoms with E-state index in [1.807, 2.05) is 0 Å². The van der Waals surface area contributed by atoms with Crippen molar-refractivity contribution >= 4 is 8.80 Å². The van der Waals surface area contributed by atoms with E-state index in [0.717, 1.165) is 43.6 Å². The molecule has 0 bridgehead atoms. The lowest BCUT2D eigenvalue weighted by atomic mass is 10.1. The average Bonchev–Trinajstić information content (AvgIpc) is 3.41. The molecule has 0 radical (unpaired) electrons. The van der Waals surface area contributed by atoms with E-state index in [1.165, 1.54) is 12.8 Å². The van der Waals surface area contributed by atoms with Crippen molar-refractivity contribution in [1.82, 2.24) is 0 Å². The van der Waals surface area contributed by atoms with Crippen molar-refractivity contribution in [1.29, 1.82) is 0 Å². The molecule has 4 rings (SSSR count). The molecule has 134 valence electrons. The van der Waals surface area contributed by atoms with Gasteiger partial charge in [0.25, 0.3) is 0 Å². The van der Waals surface area contributed by atoms with Gasteiger partial charge < -0.3 is 27.5 Å². The topological polar surface area (TPSA) is 65.3 Å². The van der Waals surface area contributed by atoms with Crippen LogP contribution in [0.5, 0.6) is 0 Å². The summed E-state index contributed by atoms with van der Waals surface area (Å²) in [6, 6.07) is 0.760. The molecule has 23 heavy (non-hydrogen) atoms. The molecule has 1 aliphatic carbocycles. The van der Waals surface area contributed by atoms with E-state index in [0.29, 0.717) is 18.3 Å². The lowest BCUT2D eigenvalue weighted by Crippen LogP contribution is -2.43. The lowest BCUT2D eigenvalue weighted by molar-refractivity contribution is 0.121. The summed E-state index contributed by atoms with van der Waals surface area (Å²) in [5.41, 5.74) is 0. The summed E-state index contributed by atoms with van der Waals surface area (Å²) in [5, 5.41) is 0. The number of rotatable bonds is 9. The van der Waals surface area contributed by atoms with Gasteiger partial charge in [0, 0.05) is 27.4 Å². The zero-order valence-corrected chi connectivity index (χ0v) is 15.7. The number of epoxide rings is 3. The van der Waals surface area contributed by atoms with Crippen molar-refractivity contribution < 1.29 is 27.5 Å². The van der Waals surface area contributed by atoms with Gasteiger partial charge in [0.1, 0.15) is 0 Å². The number of hydrogen-bond donors (Lipinski definition) is 0. The highest BCUT2D eigenvalue weighted by atomic mass is 28.4. The first-order chi connectivity index (χ1) is 11.1. The summed E-state index contributed by atoms with van der Waals surface area (Å²) in [6.45, 7) is 5.23. The monoisotopic (exact) mass is 346 g/mol. The molecular formula is C16H30O6Si. The van der Waals surface area contributed by atoms with Gasteiger partial charge in [-0.3, -0.25) is 0 Å². The maximum absolute atomic E-state index is 5.25. The summed E-state index contributed by atoms with van der Waals surface area (Å²) in [7, 11) is 2.50. The average molecular weight is 346 g/mol. The van der Waals surface area contributed by atoms with E-state index < -0.39 is 8.80 Å². The summed E-state index contributed by atoms with van der Waals surface area (Å²) in [6.07, 6.45) is 4.18. The number of hydrogen-bond acceptors (Lipinski definition) is 6. The molecule has 0 aromatic heterocycles. The van der Waals surface area contributed by atoms with Crippen LogP contribution in [-0.2, 0) is 27.5 Å². The maximum atomic E-state index is 5.25. The fraction of sp³-hybridized carbons (Fsp3) is 1.00. The van der Waals surface area contributed by atoms with Gasteiger partial charge in [-0.2, -0.15) is 0 Å². The highest BCUT2D eigenvalue weighted by Crippen LogP contribution is 2.53. The van der Waals surface area contributed by atoms with Crippen molar-refractivity contribution in [2.24, 2.45) is 17.8 Å². The Labute approximate surface area is 140 Å². The molecule has 1 saturated carbocycles. The van der Waals surface area contributed by atoms with Crippen molar-refractivity contribution in [3.63, 3.8) is 0 Å². The third kappa shape index (κ3) is 5.22. The van der Waals surface area contributed by atoms with Crippen molar-refractivity contribution in [2.75, 3.05) is 41.2 Å². The Balaban J connectivity index is 0.000000137. The fourth-order valence-electron chi connectivity index (χ4n) is 3.40. The standard InChI is InChI=1S/C10H16O2.C6H14O4Si/c1-6-9(2-7-4-11-7)10(6)3-8-5-12-8;1-7-11(8-2,9-3)5-6-4-10-6/h6-10H,2-5H2,1H3;6H,4-5H2,1-3H3. The molecule has 3 heterocycles. The summed E-state index contributed by atoms with van der Waals surface area (Å²) < 4.78 is 31.2. The summed E-state index contributed by atoms with van der Waals surface area (Å²) in [5.74, 6) is 2.86. The fourth-order valence-corrected chi connectivity index (χ4v) is 5.19. The van der Waals surface area contributed by atoms with Gasteiger partial charge in [-0.1, -0.05) is 6.92 Å². The Morgan fingerprint density at radius 3 is 1.48 bits per heavy atom. The van der Waals surface area contributed by atoms with Gasteiger partial charge in [-0.05, 0) is 30.6 Å². The second kappa shape index (κ2) is 7.47. The minimum atomic E-state index is -2.34. The SMILES string of the molecule is CC1C(CC2CO2)C1CC1CO1.CO[Si](CC1CO1)(OC)OC. The Hall–Kier alpha value is -0.0231. The normalized spacial score (nSPS) is 40.2. The van der Waals surface area contributed by atoms with E-state index in [4.69, 9.17) is 27.5 Å². The van der Waals surface area contributed by atoms with Gasteiger partial charge in [-0.15, -0.1) is 0 Å². The van der Waals surface area contributed by atoms with Gasteiger partial charge in [0.05, 0.1) is 38.1 Å². The first-order valence-electron chi connectivity index (χ1n) is 8.61. The van der Waals surface area contributed by atoms with Crippen molar-refractivity contribution in [3.05, 3.63) is 0 Å². The van der Waals surface area contributed by atoms with Gasteiger partial charge >= 0.3 is 8.80 Å². The Morgan fingerprint density at radius 2 is 1.17 bits per heavy atom. The highest BCUT2D eigenvalue weighted by molar-refractivity contribution is 6.60. The predicted octanol–water partition coefficient (Wildman–Crippen LogP) is 1.71. The minimum Gasteiger partial charge on any atom is -0.377 e. The number of ether oxygens (including phenoxy) is 3. The molecule has 3 aliphatic heterocycles. The Morgan fingerprint density at radius 1 is 0.783 bits per heavy atom. The van der Waals surface area contributed by atoms with Crippen molar-refractivity contribution in [2.45, 2.75) is 44.1 Å². The van der Waals surface area contributed by atoms with Gasteiger partial charge in [-0.25, -0.2) is 0 Å². The third-order valence-electron chi connectivity index (χ3n) is 5.45. The molecule has 3 saturated heterocycles. The molecule has 4 fully saturated rings. The molecule has 4 aliphatic rings. The molecule has 0 aromatic carbocycles. The quantitative estimate of drug-likeness (QED) is 0.468. The molecule has 7 heteroatoms. The first kappa shape index (κ1) is 17.8. The van der Waals surface area contributed by atoms with Crippen LogP contribution in [0.1, 0.15) is 19.8 Å². The van der Waals surface area contributed by atoms with E-state index in [9.17, 15) is 0 Å². The lowest BCUT2D eigenvalue weighted by Gasteiger charge is -2.23. The van der Waals surface area contributed by atoms with Crippen LogP contribution < -0.4 is 0 Å². The molecule has 0 amide bonds. The minimum absolute atomic E-state index is 0.293. The van der Waals surface area contributed by atoms with Crippen LogP contribution in [0.4, 0.5) is 0 Å². The zero-order chi connectivity index (χ0) is 16.4.